The summed E-state index contributed by atoms with van der Waals surface area (Å²) >= 11 is 0. The van der Waals surface area contributed by atoms with E-state index in [2.05, 4.69) is 41.0 Å². The van der Waals surface area contributed by atoms with E-state index in [0.717, 1.165) is 30.4 Å². The zero-order valence-corrected chi connectivity index (χ0v) is 12.4. The van der Waals surface area contributed by atoms with Gasteiger partial charge in [-0.05, 0) is 40.5 Å². The lowest BCUT2D eigenvalue weighted by molar-refractivity contribution is 0.628. The summed E-state index contributed by atoms with van der Waals surface area (Å²) in [4.78, 5) is 11.3. The summed E-state index contributed by atoms with van der Waals surface area (Å²) in [6.07, 6.45) is 2.34. The molecule has 2 rings (SSSR count). The topological polar surface area (TPSA) is 67.1 Å². The maximum Gasteiger partial charge on any atom is 0.134 e. The number of nitrogens with one attached hydrogen (secondary N) is 1. The molecule has 1 aromatic rings. The molecule has 0 saturated carbocycles. The third kappa shape index (κ3) is 3.56. The molecule has 106 valence electrons. The maximum absolute atomic E-state index is 5.84. The molecule has 0 aromatic carbocycles. The van der Waals surface area contributed by atoms with Crippen molar-refractivity contribution >= 4 is 11.6 Å². The molecule has 19 heavy (non-hydrogen) atoms. The van der Waals surface area contributed by atoms with E-state index in [-0.39, 0.29) is 5.54 Å². The first-order chi connectivity index (χ1) is 8.89. The summed E-state index contributed by atoms with van der Waals surface area (Å²) in [6.45, 7) is 10.0. The molecular formula is C14H25N5. The molecule has 1 saturated heterocycles. The Bertz CT molecular complexity index is 438. The predicted octanol–water partition coefficient (Wildman–Crippen LogP) is 1.92. The van der Waals surface area contributed by atoms with Crippen molar-refractivity contribution in [1.29, 1.82) is 0 Å². The van der Waals surface area contributed by atoms with Crippen LogP contribution >= 0.6 is 0 Å². The van der Waals surface area contributed by atoms with Crippen LogP contribution in [0.25, 0.3) is 0 Å². The number of anilines is 2. The normalized spacial score (nSPS) is 19.8. The van der Waals surface area contributed by atoms with Gasteiger partial charge in [0.2, 0.25) is 0 Å². The third-order valence-electron chi connectivity index (χ3n) is 3.27. The van der Waals surface area contributed by atoms with Crippen molar-refractivity contribution in [2.24, 2.45) is 5.73 Å². The Balaban J connectivity index is 2.26. The van der Waals surface area contributed by atoms with Crippen molar-refractivity contribution in [3.05, 3.63) is 11.9 Å². The van der Waals surface area contributed by atoms with E-state index in [0.29, 0.717) is 12.6 Å². The molecule has 1 aliphatic heterocycles. The van der Waals surface area contributed by atoms with Gasteiger partial charge in [-0.25, -0.2) is 9.97 Å². The van der Waals surface area contributed by atoms with Crippen molar-refractivity contribution in [2.45, 2.75) is 52.1 Å². The van der Waals surface area contributed by atoms with Gasteiger partial charge in [-0.15, -0.1) is 0 Å². The number of rotatable bonds is 3. The zero-order valence-electron chi connectivity index (χ0n) is 12.4. The van der Waals surface area contributed by atoms with Gasteiger partial charge in [0, 0.05) is 30.7 Å². The number of hydrogen-bond donors (Lipinski definition) is 2. The van der Waals surface area contributed by atoms with Gasteiger partial charge in [0.1, 0.15) is 17.5 Å². The molecule has 5 heteroatoms. The Morgan fingerprint density at radius 2 is 2.16 bits per heavy atom. The molecule has 1 unspecified atom stereocenters. The van der Waals surface area contributed by atoms with Crippen molar-refractivity contribution in [3.63, 3.8) is 0 Å². The number of hydrogen-bond acceptors (Lipinski definition) is 5. The zero-order chi connectivity index (χ0) is 14.0. The summed E-state index contributed by atoms with van der Waals surface area (Å²) in [5.41, 5.74) is 5.84. The van der Waals surface area contributed by atoms with E-state index in [1.807, 2.05) is 13.0 Å². The SMILES string of the molecule is Cc1nc(NC(C)(C)C)cc(N2CCCC2CN)n1. The monoisotopic (exact) mass is 263 g/mol. The molecule has 1 fully saturated rings. The summed E-state index contributed by atoms with van der Waals surface area (Å²) in [7, 11) is 0. The Morgan fingerprint density at radius 1 is 1.42 bits per heavy atom. The minimum absolute atomic E-state index is 0.00363. The van der Waals surface area contributed by atoms with E-state index in [9.17, 15) is 0 Å². The Morgan fingerprint density at radius 3 is 2.79 bits per heavy atom. The fourth-order valence-electron chi connectivity index (χ4n) is 2.53. The summed E-state index contributed by atoms with van der Waals surface area (Å²) in [6, 6.07) is 2.45. The first-order valence-corrected chi connectivity index (χ1v) is 6.99. The molecule has 0 bridgehead atoms. The smallest absolute Gasteiger partial charge is 0.134 e. The Labute approximate surface area is 115 Å². The van der Waals surface area contributed by atoms with Crippen LogP contribution in [-0.4, -0.2) is 34.6 Å². The van der Waals surface area contributed by atoms with E-state index in [4.69, 9.17) is 5.73 Å². The van der Waals surface area contributed by atoms with Crippen LogP contribution in [0.2, 0.25) is 0 Å². The second-order valence-electron chi connectivity index (χ2n) is 6.26. The van der Waals surface area contributed by atoms with Gasteiger partial charge >= 0.3 is 0 Å². The van der Waals surface area contributed by atoms with E-state index >= 15 is 0 Å². The van der Waals surface area contributed by atoms with Crippen LogP contribution in [0.3, 0.4) is 0 Å². The Kier molecular flexibility index (Phi) is 3.94. The summed E-state index contributed by atoms with van der Waals surface area (Å²) < 4.78 is 0. The third-order valence-corrected chi connectivity index (χ3v) is 3.27. The molecular weight excluding hydrogens is 238 g/mol. The van der Waals surface area contributed by atoms with Crippen LogP contribution in [0, 0.1) is 6.92 Å². The van der Waals surface area contributed by atoms with Gasteiger partial charge in [-0.2, -0.15) is 0 Å². The first kappa shape index (κ1) is 14.1. The van der Waals surface area contributed by atoms with Gasteiger partial charge in [0.15, 0.2) is 0 Å². The first-order valence-electron chi connectivity index (χ1n) is 6.99. The van der Waals surface area contributed by atoms with E-state index < -0.39 is 0 Å². The Hall–Kier alpha value is -1.36. The number of nitrogens with two attached hydrogens (primary N) is 1. The fourth-order valence-corrected chi connectivity index (χ4v) is 2.53. The second kappa shape index (κ2) is 5.33. The fraction of sp³-hybridized carbons (Fsp3) is 0.714. The highest BCUT2D eigenvalue weighted by molar-refractivity contribution is 5.51. The van der Waals surface area contributed by atoms with Crippen LogP contribution in [-0.2, 0) is 0 Å². The van der Waals surface area contributed by atoms with Gasteiger partial charge < -0.3 is 16.0 Å². The highest BCUT2D eigenvalue weighted by Gasteiger charge is 2.25. The minimum Gasteiger partial charge on any atom is -0.365 e. The highest BCUT2D eigenvalue weighted by atomic mass is 15.2. The van der Waals surface area contributed by atoms with Crippen molar-refractivity contribution in [1.82, 2.24) is 9.97 Å². The molecule has 0 radical (unpaired) electrons. The largest absolute Gasteiger partial charge is 0.365 e. The molecule has 1 atom stereocenters. The molecule has 1 aliphatic rings. The predicted molar refractivity (Wildman–Crippen MR) is 79.6 cm³/mol. The van der Waals surface area contributed by atoms with E-state index in [1.54, 1.807) is 0 Å². The van der Waals surface area contributed by atoms with Crippen LogP contribution < -0.4 is 16.0 Å². The van der Waals surface area contributed by atoms with E-state index in [1.165, 1.54) is 6.42 Å². The second-order valence-corrected chi connectivity index (χ2v) is 6.26. The minimum atomic E-state index is -0.00363. The van der Waals surface area contributed by atoms with Gasteiger partial charge in [0.25, 0.3) is 0 Å². The molecule has 0 spiro atoms. The van der Waals surface area contributed by atoms with Crippen molar-refractivity contribution in [2.75, 3.05) is 23.3 Å². The lowest BCUT2D eigenvalue weighted by Gasteiger charge is -2.26. The average Bonchev–Trinajstić information content (AvgIpc) is 2.73. The standard InChI is InChI=1S/C14H25N5/c1-10-16-12(18-14(2,3)4)8-13(17-10)19-7-5-6-11(19)9-15/h8,11H,5-7,9,15H2,1-4H3,(H,16,17,18). The molecule has 1 aromatic heterocycles. The number of aromatic nitrogens is 2. The number of aryl methyl sites for hydroxylation is 1. The number of nitrogens with zero attached hydrogens (tertiary/aromatic N) is 3. The van der Waals surface area contributed by atoms with Crippen molar-refractivity contribution in [3.8, 4) is 0 Å². The van der Waals surface area contributed by atoms with Crippen molar-refractivity contribution < 1.29 is 0 Å². The lowest BCUT2D eigenvalue weighted by Crippen LogP contribution is -2.36. The summed E-state index contributed by atoms with van der Waals surface area (Å²) in [5.74, 6) is 2.68. The molecule has 0 amide bonds. The van der Waals surface area contributed by atoms with Crippen LogP contribution in [0.1, 0.15) is 39.4 Å². The maximum atomic E-state index is 5.84. The molecule has 2 heterocycles. The molecule has 3 N–H and O–H groups in total. The average molecular weight is 263 g/mol. The highest BCUT2D eigenvalue weighted by Crippen LogP contribution is 2.25. The quantitative estimate of drug-likeness (QED) is 0.872. The van der Waals surface area contributed by atoms with Crippen LogP contribution in [0.5, 0.6) is 0 Å². The van der Waals surface area contributed by atoms with Crippen LogP contribution in [0.4, 0.5) is 11.6 Å². The lowest BCUT2D eigenvalue weighted by atomic mass is 10.1. The molecule has 0 aliphatic carbocycles. The van der Waals surface area contributed by atoms with Crippen LogP contribution in [0.15, 0.2) is 6.07 Å². The van der Waals surface area contributed by atoms with Gasteiger partial charge in [-0.1, -0.05) is 0 Å². The van der Waals surface area contributed by atoms with Gasteiger partial charge in [-0.3, -0.25) is 0 Å². The summed E-state index contributed by atoms with van der Waals surface area (Å²) in [5, 5.41) is 3.41. The van der Waals surface area contributed by atoms with Gasteiger partial charge in [0.05, 0.1) is 0 Å². The molecule has 5 nitrogen and oxygen atoms in total.